The largest absolute Gasteiger partial charge is 0.466 e. The second-order valence-electron chi connectivity index (χ2n) is 30.6. The summed E-state index contributed by atoms with van der Waals surface area (Å²) >= 11 is 0. The smallest absolute Gasteiger partial charge is 0.305 e. The fourth-order valence-corrected chi connectivity index (χ4v) is 14.1. The second kappa shape index (κ2) is 77.0. The molecule has 0 saturated carbocycles. The SMILES string of the molecule is CCCCCCCC/C=C\CCCCCCCCCCCC(=O)OCCCCCCCCCCCCCCCCCCCC/C=C\CCCCCCCCCCCCCCCCCCCC(=O)NC(COC1OC(CO)C(O)C(O)C1O)C(O)/C=C/CCCCCCCCCCCCC. The lowest BCUT2D eigenvalue weighted by Gasteiger charge is -2.40. The summed E-state index contributed by atoms with van der Waals surface area (Å²) in [6.45, 7) is 4.40. The summed E-state index contributed by atoms with van der Waals surface area (Å²) in [4.78, 5) is 25.2. The van der Waals surface area contributed by atoms with Gasteiger partial charge in [0.2, 0.25) is 5.91 Å². The van der Waals surface area contributed by atoms with Crippen molar-refractivity contribution >= 4 is 11.9 Å². The molecule has 1 fully saturated rings. The number of esters is 1. The number of aliphatic hydroxyl groups is 5. The molecular weight excluding hydrogens is 1230 g/mol. The van der Waals surface area contributed by atoms with Gasteiger partial charge in [-0.1, -0.05) is 391 Å². The Labute approximate surface area is 613 Å². The second-order valence-corrected chi connectivity index (χ2v) is 30.6. The lowest BCUT2D eigenvalue weighted by Crippen LogP contribution is -2.60. The Kier molecular flexibility index (Phi) is 73.8. The van der Waals surface area contributed by atoms with Gasteiger partial charge in [-0.05, 0) is 83.5 Å². The summed E-state index contributed by atoms with van der Waals surface area (Å²) in [5, 5.41) is 54.6. The van der Waals surface area contributed by atoms with E-state index in [0.29, 0.717) is 19.4 Å². The van der Waals surface area contributed by atoms with E-state index in [2.05, 4.69) is 43.5 Å². The van der Waals surface area contributed by atoms with Crippen LogP contribution in [0.1, 0.15) is 450 Å². The molecule has 11 heteroatoms. The van der Waals surface area contributed by atoms with Gasteiger partial charge in [0.1, 0.15) is 24.4 Å². The molecule has 99 heavy (non-hydrogen) atoms. The van der Waals surface area contributed by atoms with E-state index >= 15 is 0 Å². The number of allylic oxidation sites excluding steroid dienone is 5. The molecule has 1 aliphatic rings. The van der Waals surface area contributed by atoms with E-state index < -0.39 is 49.5 Å². The van der Waals surface area contributed by atoms with Crippen molar-refractivity contribution in [3.63, 3.8) is 0 Å². The Hall–Kier alpha value is -2.12. The van der Waals surface area contributed by atoms with Gasteiger partial charge in [0.15, 0.2) is 6.29 Å². The minimum absolute atomic E-state index is 0.0173. The first-order valence-corrected chi connectivity index (χ1v) is 43.8. The molecule has 0 aromatic carbocycles. The van der Waals surface area contributed by atoms with Crippen LogP contribution >= 0.6 is 0 Å². The number of rotatable bonds is 79. The van der Waals surface area contributed by atoms with E-state index in [1.165, 1.54) is 372 Å². The van der Waals surface area contributed by atoms with Crippen LogP contribution in [0, 0.1) is 0 Å². The van der Waals surface area contributed by atoms with Gasteiger partial charge in [0.25, 0.3) is 0 Å². The molecule has 7 atom stereocenters. The fraction of sp³-hybridized carbons (Fsp3) is 0.909. The topological polar surface area (TPSA) is 175 Å². The van der Waals surface area contributed by atoms with Crippen molar-refractivity contribution < 1.29 is 49.3 Å². The van der Waals surface area contributed by atoms with Crippen molar-refractivity contribution in [3.05, 3.63) is 36.5 Å². The predicted octanol–water partition coefficient (Wildman–Crippen LogP) is 24.4. The zero-order valence-electron chi connectivity index (χ0n) is 65.5. The fourth-order valence-electron chi connectivity index (χ4n) is 14.1. The van der Waals surface area contributed by atoms with E-state index in [-0.39, 0.29) is 18.5 Å². The van der Waals surface area contributed by atoms with Crippen LogP contribution in [-0.2, 0) is 23.8 Å². The van der Waals surface area contributed by atoms with Crippen LogP contribution in [0.4, 0.5) is 0 Å². The first-order chi connectivity index (χ1) is 48.7. The highest BCUT2D eigenvalue weighted by molar-refractivity contribution is 5.76. The van der Waals surface area contributed by atoms with Crippen molar-refractivity contribution in [2.75, 3.05) is 19.8 Å². The third-order valence-corrected chi connectivity index (χ3v) is 21.0. The Morgan fingerprint density at radius 3 is 0.970 bits per heavy atom. The zero-order valence-corrected chi connectivity index (χ0v) is 65.5. The molecule has 0 radical (unpaired) electrons. The van der Waals surface area contributed by atoms with Crippen LogP contribution in [0.2, 0.25) is 0 Å². The zero-order chi connectivity index (χ0) is 71.5. The average Bonchev–Trinajstić information content (AvgIpc) is 0.866. The van der Waals surface area contributed by atoms with E-state index in [1.807, 2.05) is 6.08 Å². The van der Waals surface area contributed by atoms with E-state index in [0.717, 1.165) is 51.4 Å². The number of unbranched alkanes of at least 4 members (excludes halogenated alkanes) is 61. The molecule has 7 unspecified atom stereocenters. The highest BCUT2D eigenvalue weighted by atomic mass is 16.7. The Morgan fingerprint density at radius 2 is 0.646 bits per heavy atom. The predicted molar refractivity (Wildman–Crippen MR) is 421 cm³/mol. The highest BCUT2D eigenvalue weighted by Crippen LogP contribution is 2.24. The third-order valence-electron chi connectivity index (χ3n) is 21.0. The van der Waals surface area contributed by atoms with Crippen LogP contribution in [0.5, 0.6) is 0 Å². The molecule has 0 aromatic rings. The summed E-state index contributed by atoms with van der Waals surface area (Å²) in [6, 6.07) is -0.807. The monoisotopic (exact) mass is 1400 g/mol. The highest BCUT2D eigenvalue weighted by Gasteiger charge is 2.44. The number of amides is 1. The van der Waals surface area contributed by atoms with E-state index in [1.54, 1.807) is 6.08 Å². The van der Waals surface area contributed by atoms with Crippen molar-refractivity contribution in [1.82, 2.24) is 5.32 Å². The molecule has 1 saturated heterocycles. The molecule has 0 bridgehead atoms. The molecular formula is C88H167NO10. The molecule has 584 valence electrons. The first-order valence-electron chi connectivity index (χ1n) is 43.8. The first kappa shape index (κ1) is 94.9. The number of nitrogens with one attached hydrogen (secondary N) is 1. The van der Waals surface area contributed by atoms with Crippen molar-refractivity contribution in [2.45, 2.75) is 493 Å². The molecule has 1 aliphatic heterocycles. The van der Waals surface area contributed by atoms with Gasteiger partial charge in [-0.15, -0.1) is 0 Å². The number of aliphatic hydroxyl groups excluding tert-OH is 5. The minimum Gasteiger partial charge on any atom is -0.466 e. The quantitative estimate of drug-likeness (QED) is 0.0195. The number of carbonyl (C=O) groups excluding carboxylic acids is 2. The van der Waals surface area contributed by atoms with E-state index in [9.17, 15) is 35.1 Å². The van der Waals surface area contributed by atoms with Gasteiger partial charge in [-0.25, -0.2) is 0 Å². The molecule has 1 rings (SSSR count). The van der Waals surface area contributed by atoms with Crippen LogP contribution in [0.3, 0.4) is 0 Å². The standard InChI is InChI=1S/C88H167NO10/c1-3-5-7-9-11-13-15-17-18-19-41-45-48-52-56-60-64-68-72-76-84(93)97-77-73-69-65-61-57-53-49-46-43-40-38-36-34-32-30-28-26-24-22-20-21-23-25-27-29-31-33-35-37-39-42-44-47-51-55-59-63-67-71-75-83(92)89-80(79-98-88-87(96)86(95)85(94)82(78-90)99-88)81(91)74-70-66-62-58-54-50-16-14-12-10-8-6-4-2/h17-18,20-21,70,74,80-82,85-88,90-91,94-96H,3-16,19,22-69,71-73,75-79H2,1-2H3,(H,89,92)/b18-17-,21-20-,74-70+. The van der Waals surface area contributed by atoms with Crippen LogP contribution in [-0.4, -0.2) is 100 Å². The molecule has 11 nitrogen and oxygen atoms in total. The molecule has 0 spiro atoms. The molecule has 0 aliphatic carbocycles. The lowest BCUT2D eigenvalue weighted by molar-refractivity contribution is -0.302. The molecule has 0 aromatic heterocycles. The number of carbonyl (C=O) groups is 2. The molecule has 6 N–H and O–H groups in total. The summed E-state index contributed by atoms with van der Waals surface area (Å²) in [7, 11) is 0. The maximum Gasteiger partial charge on any atom is 0.305 e. The summed E-state index contributed by atoms with van der Waals surface area (Å²) < 4.78 is 16.8. The van der Waals surface area contributed by atoms with Crippen molar-refractivity contribution in [3.8, 4) is 0 Å². The summed E-state index contributed by atoms with van der Waals surface area (Å²) in [6.07, 6.45) is 92.1. The van der Waals surface area contributed by atoms with E-state index in [4.69, 9.17) is 14.2 Å². The van der Waals surface area contributed by atoms with Crippen LogP contribution in [0.25, 0.3) is 0 Å². The van der Waals surface area contributed by atoms with Crippen LogP contribution in [0.15, 0.2) is 36.5 Å². The molecule has 1 heterocycles. The van der Waals surface area contributed by atoms with Gasteiger partial charge < -0.3 is 45.1 Å². The normalized spacial score (nSPS) is 17.3. The van der Waals surface area contributed by atoms with Crippen molar-refractivity contribution in [2.24, 2.45) is 0 Å². The molecule has 1 amide bonds. The Balaban J connectivity index is 1.86. The maximum atomic E-state index is 13.1. The average molecular weight is 1400 g/mol. The maximum absolute atomic E-state index is 13.1. The number of hydrogen-bond acceptors (Lipinski definition) is 10. The third kappa shape index (κ3) is 65.2. The van der Waals surface area contributed by atoms with Crippen molar-refractivity contribution in [1.29, 1.82) is 0 Å². The van der Waals surface area contributed by atoms with Gasteiger partial charge >= 0.3 is 5.97 Å². The van der Waals surface area contributed by atoms with Gasteiger partial charge in [-0.3, -0.25) is 9.59 Å². The Morgan fingerprint density at radius 1 is 0.364 bits per heavy atom. The summed E-state index contributed by atoms with van der Waals surface area (Å²) in [5.41, 5.74) is 0. The number of hydrogen-bond donors (Lipinski definition) is 6. The minimum atomic E-state index is -1.57. The van der Waals surface area contributed by atoms with Crippen LogP contribution < -0.4 is 5.32 Å². The Bertz CT molecular complexity index is 1740. The van der Waals surface area contributed by atoms with Gasteiger partial charge in [0.05, 0.1) is 32.0 Å². The summed E-state index contributed by atoms with van der Waals surface area (Å²) in [5.74, 6) is -0.157. The lowest BCUT2D eigenvalue weighted by atomic mass is 9.99. The number of ether oxygens (including phenoxy) is 3. The van der Waals surface area contributed by atoms with Gasteiger partial charge in [0, 0.05) is 12.8 Å². The van der Waals surface area contributed by atoms with Gasteiger partial charge in [-0.2, -0.15) is 0 Å².